The van der Waals surface area contributed by atoms with Gasteiger partial charge in [-0.05, 0) is 31.4 Å². The van der Waals surface area contributed by atoms with Gasteiger partial charge in [-0.15, -0.1) is 0 Å². The van der Waals surface area contributed by atoms with E-state index in [-0.39, 0.29) is 31.0 Å². The minimum Gasteiger partial charge on any atom is -0.371 e. The molecule has 2 aliphatic rings. The third-order valence-electron chi connectivity index (χ3n) is 5.77. The molecule has 0 radical (unpaired) electrons. The highest BCUT2D eigenvalue weighted by atomic mass is 19.1. The van der Waals surface area contributed by atoms with Crippen LogP contribution in [-0.4, -0.2) is 41.7 Å². The van der Waals surface area contributed by atoms with Crippen LogP contribution in [0.25, 0.3) is 0 Å². The summed E-state index contributed by atoms with van der Waals surface area (Å²) in [5.74, 6) is -0.250. The zero-order chi connectivity index (χ0) is 21.0. The molecule has 3 rings (SSSR count). The summed E-state index contributed by atoms with van der Waals surface area (Å²) < 4.78 is 20.4. The Bertz CT molecular complexity index is 828. The Kier molecular flexibility index (Phi) is 6.51. The fourth-order valence-corrected chi connectivity index (χ4v) is 4.22. The number of hydrogen-bond acceptors (Lipinski definition) is 4. The average molecular weight is 397 g/mol. The molecule has 0 spiro atoms. The number of carbonyl (C=O) groups is 1. The lowest BCUT2D eigenvalue weighted by Crippen LogP contribution is -2.51. The van der Waals surface area contributed by atoms with Gasteiger partial charge in [0.25, 0.3) is 0 Å². The predicted octanol–water partition coefficient (Wildman–Crippen LogP) is 3.27. The molecule has 6 heteroatoms. The van der Waals surface area contributed by atoms with Gasteiger partial charge < -0.3 is 15.4 Å². The van der Waals surface area contributed by atoms with Gasteiger partial charge in [0, 0.05) is 6.42 Å². The number of carbonyl (C=O) groups excluding carboxylic acids is 1. The summed E-state index contributed by atoms with van der Waals surface area (Å²) in [5.41, 5.74) is 6.74. The molecule has 5 nitrogen and oxygen atoms in total. The second kappa shape index (κ2) is 8.89. The number of amides is 1. The van der Waals surface area contributed by atoms with Crippen molar-refractivity contribution in [2.45, 2.75) is 57.7 Å². The molecule has 29 heavy (non-hydrogen) atoms. The Labute approximate surface area is 171 Å². The molecule has 1 fully saturated rings. The minimum atomic E-state index is -1.09. The highest BCUT2D eigenvalue weighted by Crippen LogP contribution is 2.42. The maximum atomic E-state index is 14.1. The van der Waals surface area contributed by atoms with Crippen LogP contribution >= 0.6 is 0 Å². The summed E-state index contributed by atoms with van der Waals surface area (Å²) >= 11 is 0. The van der Waals surface area contributed by atoms with Gasteiger partial charge in [0.05, 0.1) is 42.8 Å². The maximum Gasteiger partial charge on any atom is 0.237 e. The summed E-state index contributed by atoms with van der Waals surface area (Å²) in [5, 5.41) is 9.71. The molecule has 1 aromatic rings. The number of allylic oxidation sites excluding steroid dienone is 3. The van der Waals surface area contributed by atoms with Crippen LogP contribution in [0.2, 0.25) is 0 Å². The number of nitrogens with zero attached hydrogens (tertiary/aromatic N) is 2. The number of hydrogen-bond donors (Lipinski definition) is 1. The summed E-state index contributed by atoms with van der Waals surface area (Å²) in [6, 6.07) is 11.3. The van der Waals surface area contributed by atoms with E-state index in [0.29, 0.717) is 13.0 Å². The fraction of sp³-hybridized carbons (Fsp3) is 0.478. The van der Waals surface area contributed by atoms with Gasteiger partial charge in [-0.3, -0.25) is 4.79 Å². The topological polar surface area (TPSA) is 79.3 Å². The number of likely N-dealkylation sites (tertiary alicyclic amines) is 1. The van der Waals surface area contributed by atoms with Crippen molar-refractivity contribution in [2.24, 2.45) is 11.1 Å². The number of ether oxygens (including phenoxy) is 1. The third-order valence-corrected chi connectivity index (χ3v) is 5.77. The number of nitriles is 1. The fourth-order valence-electron chi connectivity index (χ4n) is 4.22. The second-order valence-corrected chi connectivity index (χ2v) is 8.22. The smallest absolute Gasteiger partial charge is 0.237 e. The number of nitrogens with two attached hydrogens (primary N) is 1. The van der Waals surface area contributed by atoms with E-state index in [4.69, 9.17) is 10.5 Å². The normalized spacial score (nSPS) is 26.9. The molecule has 4 atom stereocenters. The van der Waals surface area contributed by atoms with Crippen molar-refractivity contribution in [1.82, 2.24) is 4.90 Å². The van der Waals surface area contributed by atoms with E-state index in [1.54, 1.807) is 11.0 Å². The van der Waals surface area contributed by atoms with E-state index in [0.717, 1.165) is 11.1 Å². The van der Waals surface area contributed by atoms with Crippen LogP contribution in [0.15, 0.2) is 54.1 Å². The van der Waals surface area contributed by atoms with Crippen molar-refractivity contribution < 1.29 is 13.9 Å². The van der Waals surface area contributed by atoms with Crippen molar-refractivity contribution in [3.8, 4) is 6.07 Å². The molecular weight excluding hydrogens is 369 g/mol. The lowest BCUT2D eigenvalue weighted by molar-refractivity contribution is -0.134. The first kappa shape index (κ1) is 21.2. The lowest BCUT2D eigenvalue weighted by Gasteiger charge is -2.37. The molecule has 1 aliphatic heterocycles. The standard InChI is InChI=1S/C23H28FN3O2/c1-23(2,15-26)20-12-19(29-14-16-7-4-3-5-8-16)22(27(20)21(28)13-25)17-9-6-10-18(24)11-17/h3-10,18-20,22H,11-14,25H2,1-2H3/t18?,19-,20-,22-/m1/s1. The molecule has 0 saturated carbocycles. The SMILES string of the molecule is CC(C)(C#N)[C@H]1C[C@@H](OCc2ccccc2)[C@@H](C2=CC=CC(F)C2)N1C(=O)CN. The Morgan fingerprint density at radius 2 is 2.10 bits per heavy atom. The third kappa shape index (κ3) is 4.58. The number of alkyl halides is 1. The Balaban J connectivity index is 1.95. The summed E-state index contributed by atoms with van der Waals surface area (Å²) in [4.78, 5) is 14.5. The molecule has 0 aromatic heterocycles. The van der Waals surface area contributed by atoms with E-state index in [9.17, 15) is 14.4 Å². The van der Waals surface area contributed by atoms with Gasteiger partial charge in [-0.1, -0.05) is 48.6 Å². The molecule has 1 aliphatic carbocycles. The molecular formula is C23H28FN3O2. The van der Waals surface area contributed by atoms with Gasteiger partial charge in [0.2, 0.25) is 5.91 Å². The Morgan fingerprint density at radius 3 is 2.72 bits per heavy atom. The molecule has 154 valence electrons. The highest BCUT2D eigenvalue weighted by Gasteiger charge is 2.51. The zero-order valence-electron chi connectivity index (χ0n) is 16.9. The van der Waals surface area contributed by atoms with Gasteiger partial charge in [0.15, 0.2) is 0 Å². The maximum absolute atomic E-state index is 14.1. The monoisotopic (exact) mass is 397 g/mol. The van der Waals surface area contributed by atoms with E-state index in [2.05, 4.69) is 6.07 Å². The predicted molar refractivity (Wildman–Crippen MR) is 109 cm³/mol. The first-order valence-corrected chi connectivity index (χ1v) is 9.96. The van der Waals surface area contributed by atoms with Crippen LogP contribution in [0.3, 0.4) is 0 Å². The molecule has 1 amide bonds. The van der Waals surface area contributed by atoms with Crippen LogP contribution in [0.1, 0.15) is 32.3 Å². The first-order valence-electron chi connectivity index (χ1n) is 9.96. The number of halogens is 1. The molecule has 1 saturated heterocycles. The average Bonchev–Trinajstić information content (AvgIpc) is 3.13. The quantitative estimate of drug-likeness (QED) is 0.799. The van der Waals surface area contributed by atoms with E-state index in [1.165, 1.54) is 6.08 Å². The van der Waals surface area contributed by atoms with Gasteiger partial charge in [-0.2, -0.15) is 5.26 Å². The van der Waals surface area contributed by atoms with Crippen molar-refractivity contribution >= 4 is 5.91 Å². The Hall–Kier alpha value is -2.49. The summed E-state index contributed by atoms with van der Waals surface area (Å²) in [6.07, 6.45) is 4.33. The van der Waals surface area contributed by atoms with Gasteiger partial charge >= 0.3 is 0 Å². The number of benzene rings is 1. The summed E-state index contributed by atoms with van der Waals surface area (Å²) in [7, 11) is 0. The second-order valence-electron chi connectivity index (χ2n) is 8.22. The lowest BCUT2D eigenvalue weighted by atomic mass is 9.84. The molecule has 1 unspecified atom stereocenters. The summed E-state index contributed by atoms with van der Waals surface area (Å²) in [6.45, 7) is 3.85. The molecule has 2 N–H and O–H groups in total. The van der Waals surface area contributed by atoms with Crippen molar-refractivity contribution in [3.63, 3.8) is 0 Å². The largest absolute Gasteiger partial charge is 0.371 e. The van der Waals surface area contributed by atoms with Gasteiger partial charge in [0.1, 0.15) is 6.17 Å². The van der Waals surface area contributed by atoms with Crippen LogP contribution in [-0.2, 0) is 16.1 Å². The van der Waals surface area contributed by atoms with Crippen LogP contribution in [0, 0.1) is 16.7 Å². The van der Waals surface area contributed by atoms with Crippen molar-refractivity contribution in [1.29, 1.82) is 5.26 Å². The van der Waals surface area contributed by atoms with Crippen molar-refractivity contribution in [3.05, 3.63) is 59.7 Å². The molecule has 1 heterocycles. The Morgan fingerprint density at radius 1 is 1.38 bits per heavy atom. The van der Waals surface area contributed by atoms with E-state index >= 15 is 0 Å². The zero-order valence-corrected chi connectivity index (χ0v) is 16.9. The molecule has 0 bridgehead atoms. The van der Waals surface area contributed by atoms with E-state index in [1.807, 2.05) is 50.3 Å². The van der Waals surface area contributed by atoms with E-state index < -0.39 is 17.6 Å². The molecule has 1 aromatic carbocycles. The minimum absolute atomic E-state index is 0.165. The highest BCUT2D eigenvalue weighted by molar-refractivity contribution is 5.80. The van der Waals surface area contributed by atoms with Crippen LogP contribution in [0.5, 0.6) is 0 Å². The first-order chi connectivity index (χ1) is 13.9. The van der Waals surface area contributed by atoms with Crippen LogP contribution in [0.4, 0.5) is 4.39 Å². The van der Waals surface area contributed by atoms with Gasteiger partial charge in [-0.25, -0.2) is 4.39 Å². The van der Waals surface area contributed by atoms with Crippen LogP contribution < -0.4 is 5.73 Å². The van der Waals surface area contributed by atoms with Crippen molar-refractivity contribution in [2.75, 3.05) is 6.54 Å². The number of rotatable bonds is 6.